The molecule has 0 unspecified atom stereocenters. The lowest BCUT2D eigenvalue weighted by molar-refractivity contribution is 0.0572. The minimum Gasteiger partial charge on any atom is -0.486 e. The van der Waals surface area contributed by atoms with Crippen molar-refractivity contribution in [2.24, 2.45) is 0 Å². The number of benzene rings is 2. The van der Waals surface area contributed by atoms with Crippen LogP contribution in [-0.2, 0) is 0 Å². The summed E-state index contributed by atoms with van der Waals surface area (Å²) in [6.07, 6.45) is 0.565. The second kappa shape index (κ2) is 6.65. The minimum absolute atomic E-state index is 0.0459. The molecule has 0 bridgehead atoms. The number of amides is 1. The maximum atomic E-state index is 12.5. The van der Waals surface area contributed by atoms with Gasteiger partial charge in [-0.05, 0) is 50.1 Å². The highest BCUT2D eigenvalue weighted by molar-refractivity contribution is 5.94. The lowest BCUT2D eigenvalue weighted by Gasteiger charge is -2.19. The van der Waals surface area contributed by atoms with Crippen molar-refractivity contribution in [3.05, 3.63) is 65.7 Å². The van der Waals surface area contributed by atoms with E-state index in [4.69, 9.17) is 4.74 Å². The average Bonchev–Trinajstić information content (AvgIpc) is 2.95. The fraction of sp³-hybridized carbons (Fsp3) is 0.350. The van der Waals surface area contributed by atoms with Gasteiger partial charge in [-0.1, -0.05) is 30.3 Å². The Hall–Kier alpha value is -2.33. The molecule has 0 aromatic heterocycles. The molecule has 0 saturated carbocycles. The predicted octanol–water partition coefficient (Wildman–Crippen LogP) is 3.42. The van der Waals surface area contributed by atoms with E-state index in [0.29, 0.717) is 25.1 Å². The summed E-state index contributed by atoms with van der Waals surface area (Å²) < 4.78 is 5.93. The highest BCUT2D eigenvalue weighted by atomic mass is 16.5. The van der Waals surface area contributed by atoms with Crippen molar-refractivity contribution in [3.8, 4) is 5.75 Å². The van der Waals surface area contributed by atoms with Crippen LogP contribution in [-0.4, -0.2) is 34.6 Å². The Kier molecular flexibility index (Phi) is 4.58. The van der Waals surface area contributed by atoms with Crippen molar-refractivity contribution in [3.63, 3.8) is 0 Å². The van der Waals surface area contributed by atoms with Gasteiger partial charge in [0.25, 0.3) is 5.91 Å². The lowest BCUT2D eigenvalue weighted by Crippen LogP contribution is -2.33. The van der Waals surface area contributed by atoms with Gasteiger partial charge in [0, 0.05) is 18.7 Å². The van der Waals surface area contributed by atoms with Crippen molar-refractivity contribution in [2.75, 3.05) is 13.1 Å². The fourth-order valence-electron chi connectivity index (χ4n) is 2.97. The van der Waals surface area contributed by atoms with E-state index in [-0.39, 0.29) is 12.0 Å². The van der Waals surface area contributed by atoms with Gasteiger partial charge in [-0.15, -0.1) is 0 Å². The molecule has 1 N–H and O–H groups in total. The van der Waals surface area contributed by atoms with E-state index in [9.17, 15) is 9.90 Å². The highest BCUT2D eigenvalue weighted by Gasteiger charge is 2.34. The number of β-amino-alcohol motifs (C(OH)–C–C–N with tert-alkyl or cyclic N) is 1. The van der Waals surface area contributed by atoms with Crippen LogP contribution in [0.3, 0.4) is 0 Å². The summed E-state index contributed by atoms with van der Waals surface area (Å²) >= 11 is 0. The molecule has 0 radical (unpaired) electrons. The Labute approximate surface area is 142 Å². The van der Waals surface area contributed by atoms with Crippen LogP contribution in [0.5, 0.6) is 5.75 Å². The van der Waals surface area contributed by atoms with Crippen LogP contribution >= 0.6 is 0 Å². The van der Waals surface area contributed by atoms with Crippen LogP contribution in [0.2, 0.25) is 0 Å². The van der Waals surface area contributed by atoms with E-state index < -0.39 is 5.60 Å². The molecule has 4 nitrogen and oxygen atoms in total. The second-order valence-electron chi connectivity index (χ2n) is 6.67. The number of carbonyl (C=O) groups excluding carboxylic acids is 1. The maximum Gasteiger partial charge on any atom is 0.253 e. The van der Waals surface area contributed by atoms with E-state index in [2.05, 4.69) is 0 Å². The molecule has 1 heterocycles. The first-order valence-corrected chi connectivity index (χ1v) is 8.28. The Bertz CT molecular complexity index is 695. The molecule has 4 heteroatoms. The topological polar surface area (TPSA) is 49.8 Å². The van der Waals surface area contributed by atoms with Gasteiger partial charge in [-0.2, -0.15) is 0 Å². The van der Waals surface area contributed by atoms with Crippen LogP contribution in [0.15, 0.2) is 54.6 Å². The van der Waals surface area contributed by atoms with Crippen LogP contribution in [0.25, 0.3) is 0 Å². The van der Waals surface area contributed by atoms with Crippen LogP contribution < -0.4 is 4.74 Å². The molecule has 1 fully saturated rings. The number of hydrogen-bond acceptors (Lipinski definition) is 3. The molecule has 2 atom stereocenters. The fourth-order valence-corrected chi connectivity index (χ4v) is 2.97. The molecule has 3 rings (SSSR count). The number of likely N-dealkylation sites (tertiary alicyclic amines) is 1. The molecule has 1 saturated heterocycles. The molecule has 0 spiro atoms. The zero-order chi connectivity index (χ0) is 17.2. The summed E-state index contributed by atoms with van der Waals surface area (Å²) in [5.74, 6) is 0.687. The first-order chi connectivity index (χ1) is 11.4. The van der Waals surface area contributed by atoms with E-state index in [1.165, 1.54) is 0 Å². The van der Waals surface area contributed by atoms with Gasteiger partial charge in [-0.3, -0.25) is 4.79 Å². The third kappa shape index (κ3) is 3.77. The predicted molar refractivity (Wildman–Crippen MR) is 93.1 cm³/mol. The van der Waals surface area contributed by atoms with Crippen LogP contribution in [0.1, 0.15) is 42.3 Å². The first kappa shape index (κ1) is 16.5. The molecular weight excluding hydrogens is 302 g/mol. The van der Waals surface area contributed by atoms with Gasteiger partial charge in [0.2, 0.25) is 0 Å². The van der Waals surface area contributed by atoms with Gasteiger partial charge in [0.1, 0.15) is 11.9 Å². The Balaban J connectivity index is 1.64. The molecular formula is C20H23NO3. The number of ether oxygens (including phenoxy) is 1. The van der Waals surface area contributed by atoms with Gasteiger partial charge in [0.05, 0.1) is 5.60 Å². The molecule has 1 aliphatic heterocycles. The monoisotopic (exact) mass is 325 g/mol. The standard InChI is InChI=1S/C20H23NO3/c1-15(16-6-4-3-5-7-16)24-18-10-8-17(9-11-18)19(22)21-13-12-20(2,23)14-21/h3-11,15,23H,12-14H2,1-2H3/t15-,20-/m0/s1. The van der Waals surface area contributed by atoms with Crippen LogP contribution in [0.4, 0.5) is 0 Å². The number of hydrogen-bond donors (Lipinski definition) is 1. The average molecular weight is 325 g/mol. The van der Waals surface area contributed by atoms with E-state index in [1.807, 2.05) is 49.4 Å². The van der Waals surface area contributed by atoms with Gasteiger partial charge in [-0.25, -0.2) is 0 Å². The normalized spacial score (nSPS) is 21.5. The zero-order valence-electron chi connectivity index (χ0n) is 14.1. The van der Waals surface area contributed by atoms with Crippen molar-refractivity contribution in [2.45, 2.75) is 32.0 Å². The third-order valence-corrected chi connectivity index (χ3v) is 4.42. The largest absolute Gasteiger partial charge is 0.486 e. The van der Waals surface area contributed by atoms with E-state index >= 15 is 0 Å². The number of rotatable bonds is 4. The summed E-state index contributed by atoms with van der Waals surface area (Å²) in [6.45, 7) is 4.74. The quantitative estimate of drug-likeness (QED) is 0.937. The summed E-state index contributed by atoms with van der Waals surface area (Å²) in [5, 5.41) is 10.00. The highest BCUT2D eigenvalue weighted by Crippen LogP contribution is 2.24. The lowest BCUT2D eigenvalue weighted by atomic mass is 10.1. The molecule has 126 valence electrons. The second-order valence-corrected chi connectivity index (χ2v) is 6.67. The van der Waals surface area contributed by atoms with E-state index in [0.717, 1.165) is 11.3 Å². The van der Waals surface area contributed by atoms with Crippen molar-refractivity contribution >= 4 is 5.91 Å². The molecule has 2 aromatic rings. The van der Waals surface area contributed by atoms with E-state index in [1.54, 1.807) is 24.0 Å². The van der Waals surface area contributed by atoms with Crippen molar-refractivity contribution < 1.29 is 14.6 Å². The smallest absolute Gasteiger partial charge is 0.253 e. The Morgan fingerprint density at radius 3 is 2.42 bits per heavy atom. The van der Waals surface area contributed by atoms with Crippen molar-refractivity contribution in [1.29, 1.82) is 0 Å². The number of aliphatic hydroxyl groups is 1. The molecule has 1 aliphatic rings. The van der Waals surface area contributed by atoms with Gasteiger partial charge in [0.15, 0.2) is 0 Å². The minimum atomic E-state index is -0.774. The van der Waals surface area contributed by atoms with Crippen molar-refractivity contribution in [1.82, 2.24) is 4.90 Å². The SMILES string of the molecule is C[C@H](Oc1ccc(C(=O)N2CC[C@](C)(O)C2)cc1)c1ccccc1. The number of carbonyl (C=O) groups is 1. The summed E-state index contributed by atoms with van der Waals surface area (Å²) in [5.41, 5.74) is 0.952. The summed E-state index contributed by atoms with van der Waals surface area (Å²) in [7, 11) is 0. The van der Waals surface area contributed by atoms with Gasteiger partial charge >= 0.3 is 0 Å². The third-order valence-electron chi connectivity index (χ3n) is 4.42. The Morgan fingerprint density at radius 2 is 1.83 bits per heavy atom. The molecule has 1 amide bonds. The summed E-state index contributed by atoms with van der Waals surface area (Å²) in [6, 6.07) is 17.2. The van der Waals surface area contributed by atoms with Crippen LogP contribution in [0, 0.1) is 0 Å². The zero-order valence-corrected chi connectivity index (χ0v) is 14.1. The molecule has 2 aromatic carbocycles. The Morgan fingerprint density at radius 1 is 1.17 bits per heavy atom. The number of nitrogens with zero attached hydrogens (tertiary/aromatic N) is 1. The first-order valence-electron chi connectivity index (χ1n) is 8.28. The maximum absolute atomic E-state index is 12.5. The summed E-state index contributed by atoms with van der Waals surface area (Å²) in [4.78, 5) is 14.2. The van der Waals surface area contributed by atoms with Gasteiger partial charge < -0.3 is 14.7 Å². The molecule has 24 heavy (non-hydrogen) atoms. The molecule has 0 aliphatic carbocycles.